The largest absolute Gasteiger partial charge is 0.352 e. The molecule has 4 rings (SSSR count). The molecule has 0 saturated carbocycles. The van der Waals surface area contributed by atoms with Gasteiger partial charge in [0.25, 0.3) is 5.91 Å². The number of nitrogens with zero attached hydrogens (tertiary/aromatic N) is 4. The first-order chi connectivity index (χ1) is 12.2. The summed E-state index contributed by atoms with van der Waals surface area (Å²) >= 11 is 4.90. The normalized spacial score (nSPS) is 13.4. The highest BCUT2D eigenvalue weighted by Gasteiger charge is 2.19. The number of anilines is 2. The molecule has 0 radical (unpaired) electrons. The Bertz CT molecular complexity index is 898. The fourth-order valence-electron chi connectivity index (χ4n) is 2.86. The van der Waals surface area contributed by atoms with E-state index in [0.717, 1.165) is 25.3 Å². The van der Waals surface area contributed by atoms with E-state index in [4.69, 9.17) is 0 Å². The number of carbonyl (C=O) groups excluding carboxylic acids is 1. The van der Waals surface area contributed by atoms with Crippen LogP contribution in [0.25, 0.3) is 0 Å². The van der Waals surface area contributed by atoms with Gasteiger partial charge in [-0.15, -0.1) is 10.2 Å². The van der Waals surface area contributed by atoms with Crippen LogP contribution in [0, 0.1) is 0 Å². The van der Waals surface area contributed by atoms with Crippen molar-refractivity contribution in [1.82, 2.24) is 15.2 Å². The number of halogens is 1. The Hall–Kier alpha value is -2.32. The maximum Gasteiger partial charge on any atom is 0.259 e. The molecule has 1 N–H and O–H groups in total. The Kier molecular flexibility index (Phi) is 4.46. The van der Waals surface area contributed by atoms with Crippen molar-refractivity contribution in [3.05, 3.63) is 63.2 Å². The zero-order chi connectivity index (χ0) is 17.2. The highest BCUT2D eigenvalue weighted by Crippen LogP contribution is 2.28. The van der Waals surface area contributed by atoms with Gasteiger partial charge in [-0.3, -0.25) is 10.1 Å². The zero-order valence-electron chi connectivity index (χ0n) is 13.1. The minimum absolute atomic E-state index is 0.233. The smallest absolute Gasteiger partial charge is 0.259 e. The number of pyridine rings is 1. The predicted molar refractivity (Wildman–Crippen MR) is 101 cm³/mol. The topological polar surface area (TPSA) is 71.0 Å². The summed E-state index contributed by atoms with van der Waals surface area (Å²) < 4.78 is 1.17. The quantitative estimate of drug-likeness (QED) is 0.708. The molecule has 1 aliphatic heterocycles. The van der Waals surface area contributed by atoms with E-state index in [-0.39, 0.29) is 5.91 Å². The monoisotopic (exact) mass is 415 g/mol. The number of nitrogens with one attached hydrogen (secondary N) is 1. The standard InChI is InChI=1S/C17H14BrN5OS/c18-14-3-1-2-12-9-23(7-6-13(12)14)15-5-4-11(8-19-15)16(24)21-17-22-20-10-25-17/h1-5,8,10H,6-7,9H2,(H,21,22,24). The van der Waals surface area contributed by atoms with Gasteiger partial charge in [-0.05, 0) is 35.7 Å². The fourth-order valence-corrected chi connectivity index (χ4v) is 3.91. The van der Waals surface area contributed by atoms with Gasteiger partial charge in [-0.2, -0.15) is 0 Å². The molecule has 6 nitrogen and oxygen atoms in total. The number of aromatic nitrogens is 3. The van der Waals surface area contributed by atoms with E-state index >= 15 is 0 Å². The van der Waals surface area contributed by atoms with Crippen LogP contribution in [0.3, 0.4) is 0 Å². The molecule has 8 heteroatoms. The Balaban J connectivity index is 1.48. The number of hydrogen-bond donors (Lipinski definition) is 1. The SMILES string of the molecule is O=C(Nc1nncs1)c1ccc(N2CCc3c(Br)cccc3C2)nc1. The average Bonchev–Trinajstić information content (AvgIpc) is 3.15. The first kappa shape index (κ1) is 16.2. The van der Waals surface area contributed by atoms with E-state index in [9.17, 15) is 4.79 Å². The van der Waals surface area contributed by atoms with Crippen LogP contribution in [-0.2, 0) is 13.0 Å². The van der Waals surface area contributed by atoms with E-state index in [1.807, 2.05) is 6.07 Å². The third-order valence-electron chi connectivity index (χ3n) is 4.12. The molecule has 1 amide bonds. The van der Waals surface area contributed by atoms with Crippen molar-refractivity contribution >= 4 is 44.1 Å². The van der Waals surface area contributed by atoms with Crippen molar-refractivity contribution in [1.29, 1.82) is 0 Å². The van der Waals surface area contributed by atoms with Gasteiger partial charge in [0.1, 0.15) is 11.3 Å². The number of amides is 1. The minimum Gasteiger partial charge on any atom is -0.352 e. The summed E-state index contributed by atoms with van der Waals surface area (Å²) in [4.78, 5) is 18.9. The lowest BCUT2D eigenvalue weighted by Gasteiger charge is -2.30. The fraction of sp³-hybridized carbons (Fsp3) is 0.176. The summed E-state index contributed by atoms with van der Waals surface area (Å²) in [7, 11) is 0. The lowest BCUT2D eigenvalue weighted by molar-refractivity contribution is 0.102. The van der Waals surface area contributed by atoms with Gasteiger partial charge in [0.15, 0.2) is 0 Å². The number of hydrogen-bond acceptors (Lipinski definition) is 6. The molecule has 1 aliphatic rings. The van der Waals surface area contributed by atoms with E-state index in [1.54, 1.807) is 17.8 Å². The van der Waals surface area contributed by atoms with Gasteiger partial charge in [-0.1, -0.05) is 39.4 Å². The van der Waals surface area contributed by atoms with E-state index in [0.29, 0.717) is 10.7 Å². The van der Waals surface area contributed by atoms with Crippen molar-refractivity contribution in [2.45, 2.75) is 13.0 Å². The van der Waals surface area contributed by atoms with E-state index in [2.05, 4.69) is 59.5 Å². The van der Waals surface area contributed by atoms with Crippen LogP contribution in [0.1, 0.15) is 21.5 Å². The van der Waals surface area contributed by atoms with Gasteiger partial charge in [0, 0.05) is 23.8 Å². The number of fused-ring (bicyclic) bond motifs is 1. The molecule has 3 heterocycles. The third kappa shape index (κ3) is 3.40. The summed E-state index contributed by atoms with van der Waals surface area (Å²) in [5, 5.41) is 10.7. The zero-order valence-corrected chi connectivity index (χ0v) is 15.5. The van der Waals surface area contributed by atoms with Crippen LogP contribution < -0.4 is 10.2 Å². The molecule has 0 spiro atoms. The van der Waals surface area contributed by atoms with Gasteiger partial charge in [0.05, 0.1) is 5.56 Å². The Labute approximate surface area is 157 Å². The first-order valence-corrected chi connectivity index (χ1v) is 9.43. The van der Waals surface area contributed by atoms with Crippen molar-refractivity contribution < 1.29 is 4.79 Å². The summed E-state index contributed by atoms with van der Waals surface area (Å²) in [5.41, 5.74) is 4.75. The Morgan fingerprint density at radius 2 is 2.20 bits per heavy atom. The van der Waals surface area contributed by atoms with Gasteiger partial charge < -0.3 is 4.90 Å². The van der Waals surface area contributed by atoms with Crippen molar-refractivity contribution in [3.8, 4) is 0 Å². The Morgan fingerprint density at radius 1 is 1.28 bits per heavy atom. The minimum atomic E-state index is -0.233. The molecule has 0 bridgehead atoms. The molecule has 0 aliphatic carbocycles. The third-order valence-corrected chi connectivity index (χ3v) is 5.47. The van der Waals surface area contributed by atoms with Crippen LogP contribution in [0.15, 0.2) is 46.5 Å². The van der Waals surface area contributed by atoms with Gasteiger partial charge in [0.2, 0.25) is 5.13 Å². The molecule has 3 aromatic rings. The van der Waals surface area contributed by atoms with E-state index in [1.165, 1.54) is 26.9 Å². The highest BCUT2D eigenvalue weighted by atomic mass is 79.9. The summed E-state index contributed by atoms with van der Waals surface area (Å²) in [6, 6.07) is 9.96. The molecule has 25 heavy (non-hydrogen) atoms. The maximum absolute atomic E-state index is 12.2. The number of benzene rings is 1. The van der Waals surface area contributed by atoms with E-state index < -0.39 is 0 Å². The molecule has 0 fully saturated rings. The van der Waals surface area contributed by atoms with Crippen LogP contribution in [0.4, 0.5) is 10.9 Å². The molecule has 0 unspecified atom stereocenters. The lowest BCUT2D eigenvalue weighted by atomic mass is 10.00. The maximum atomic E-state index is 12.2. The second kappa shape index (κ2) is 6.89. The van der Waals surface area contributed by atoms with Gasteiger partial charge in [-0.25, -0.2) is 4.98 Å². The molecule has 0 saturated heterocycles. The van der Waals surface area contributed by atoms with Crippen LogP contribution in [0.2, 0.25) is 0 Å². The second-order valence-corrected chi connectivity index (χ2v) is 7.34. The molecule has 126 valence electrons. The molecule has 1 aromatic carbocycles. The van der Waals surface area contributed by atoms with Gasteiger partial charge >= 0.3 is 0 Å². The number of rotatable bonds is 3. The summed E-state index contributed by atoms with van der Waals surface area (Å²) in [6.45, 7) is 1.72. The molecule has 0 atom stereocenters. The molecular weight excluding hydrogens is 402 g/mol. The van der Waals surface area contributed by atoms with Crippen LogP contribution >= 0.6 is 27.3 Å². The molecule has 2 aromatic heterocycles. The number of carbonyl (C=O) groups is 1. The second-order valence-electron chi connectivity index (χ2n) is 5.65. The average molecular weight is 416 g/mol. The Morgan fingerprint density at radius 3 is 2.96 bits per heavy atom. The lowest BCUT2D eigenvalue weighted by Crippen LogP contribution is -2.31. The molecular formula is C17H14BrN5OS. The van der Waals surface area contributed by atoms with Crippen LogP contribution in [-0.4, -0.2) is 27.6 Å². The first-order valence-electron chi connectivity index (χ1n) is 7.75. The predicted octanol–water partition coefficient (Wildman–Crippen LogP) is 3.51. The highest BCUT2D eigenvalue weighted by molar-refractivity contribution is 9.10. The summed E-state index contributed by atoms with van der Waals surface area (Å²) in [5.74, 6) is 0.641. The van der Waals surface area contributed by atoms with Crippen molar-refractivity contribution in [2.75, 3.05) is 16.8 Å². The van der Waals surface area contributed by atoms with Crippen LogP contribution in [0.5, 0.6) is 0 Å². The summed E-state index contributed by atoms with van der Waals surface area (Å²) in [6.07, 6.45) is 2.57. The van der Waals surface area contributed by atoms with Crippen molar-refractivity contribution in [2.24, 2.45) is 0 Å². The van der Waals surface area contributed by atoms with Crippen molar-refractivity contribution in [3.63, 3.8) is 0 Å².